The van der Waals surface area contributed by atoms with Gasteiger partial charge in [-0.1, -0.05) is 12.1 Å². The molecule has 0 saturated carbocycles. The number of aromatic amines is 1. The molecule has 2 aromatic rings. The molecule has 1 atom stereocenters. The maximum absolute atomic E-state index is 12.8. The molecule has 0 bridgehead atoms. The van der Waals surface area contributed by atoms with Crippen molar-refractivity contribution in [2.75, 3.05) is 0 Å². The van der Waals surface area contributed by atoms with E-state index in [9.17, 15) is 4.39 Å². The molecule has 0 radical (unpaired) electrons. The highest BCUT2D eigenvalue weighted by Crippen LogP contribution is 2.28. The molecule has 2 N–H and O–H groups in total. The van der Waals surface area contributed by atoms with E-state index < -0.39 is 0 Å². The number of nitrogens with one attached hydrogen (secondary N) is 2. The summed E-state index contributed by atoms with van der Waals surface area (Å²) in [6, 6.07) is 7.00. The van der Waals surface area contributed by atoms with E-state index in [1.165, 1.54) is 29.8 Å². The van der Waals surface area contributed by atoms with Crippen molar-refractivity contribution in [1.82, 2.24) is 15.5 Å². The summed E-state index contributed by atoms with van der Waals surface area (Å²) in [6.45, 7) is 0.759. The van der Waals surface area contributed by atoms with Gasteiger partial charge in [-0.25, -0.2) is 4.39 Å². The summed E-state index contributed by atoms with van der Waals surface area (Å²) in [4.78, 5) is 0. The van der Waals surface area contributed by atoms with Crippen LogP contribution in [-0.4, -0.2) is 10.2 Å². The molecular weight excluding hydrogens is 229 g/mol. The Labute approximate surface area is 105 Å². The van der Waals surface area contributed by atoms with Gasteiger partial charge in [-0.2, -0.15) is 5.10 Å². The number of rotatable bonds is 3. The van der Waals surface area contributed by atoms with Gasteiger partial charge in [0.2, 0.25) is 0 Å². The molecule has 0 aliphatic heterocycles. The van der Waals surface area contributed by atoms with Gasteiger partial charge < -0.3 is 5.32 Å². The van der Waals surface area contributed by atoms with Crippen LogP contribution in [0.1, 0.15) is 35.7 Å². The molecule has 1 aromatic carbocycles. The lowest BCUT2D eigenvalue weighted by Crippen LogP contribution is -2.24. The topological polar surface area (TPSA) is 40.7 Å². The van der Waals surface area contributed by atoms with E-state index in [0.717, 1.165) is 24.9 Å². The van der Waals surface area contributed by atoms with Crippen LogP contribution in [0.2, 0.25) is 0 Å². The molecule has 1 aliphatic carbocycles. The first-order valence-corrected chi connectivity index (χ1v) is 6.33. The number of hydrogen-bond donors (Lipinski definition) is 2. The Balaban J connectivity index is 1.66. The second-order valence-corrected chi connectivity index (χ2v) is 4.76. The Hall–Kier alpha value is -1.68. The Morgan fingerprint density at radius 2 is 2.17 bits per heavy atom. The summed E-state index contributed by atoms with van der Waals surface area (Å²) in [6.07, 6.45) is 5.31. The Kier molecular flexibility index (Phi) is 3.11. The van der Waals surface area contributed by atoms with Crippen LogP contribution in [-0.2, 0) is 13.0 Å². The Bertz CT molecular complexity index is 518. The van der Waals surface area contributed by atoms with Crippen LogP contribution in [0.4, 0.5) is 4.39 Å². The van der Waals surface area contributed by atoms with E-state index in [0.29, 0.717) is 6.04 Å². The fourth-order valence-corrected chi connectivity index (χ4v) is 2.52. The molecule has 0 amide bonds. The van der Waals surface area contributed by atoms with Gasteiger partial charge in [-0.05, 0) is 37.0 Å². The third-order valence-electron chi connectivity index (χ3n) is 3.51. The second kappa shape index (κ2) is 4.90. The van der Waals surface area contributed by atoms with Crippen LogP contribution < -0.4 is 5.32 Å². The lowest BCUT2D eigenvalue weighted by molar-refractivity contribution is 0.457. The first-order valence-electron chi connectivity index (χ1n) is 6.33. The monoisotopic (exact) mass is 245 g/mol. The van der Waals surface area contributed by atoms with E-state index in [2.05, 4.69) is 15.5 Å². The number of halogens is 1. The van der Waals surface area contributed by atoms with Crippen molar-refractivity contribution in [3.8, 4) is 0 Å². The largest absolute Gasteiger partial charge is 0.306 e. The number of fused-ring (bicyclic) bond motifs is 1. The quantitative estimate of drug-likeness (QED) is 0.873. The fraction of sp³-hybridized carbons (Fsp3) is 0.357. The molecule has 0 fully saturated rings. The summed E-state index contributed by atoms with van der Waals surface area (Å²) in [7, 11) is 0. The predicted octanol–water partition coefficient (Wildman–Crippen LogP) is 2.72. The van der Waals surface area contributed by atoms with Crippen LogP contribution in [0.15, 0.2) is 30.5 Å². The molecule has 0 spiro atoms. The van der Waals surface area contributed by atoms with Gasteiger partial charge in [0.1, 0.15) is 5.82 Å². The summed E-state index contributed by atoms with van der Waals surface area (Å²) in [5.74, 6) is -0.187. The number of H-pyrrole nitrogens is 1. The zero-order valence-electron chi connectivity index (χ0n) is 10.1. The molecule has 3 nitrogen and oxygen atoms in total. The molecule has 0 saturated heterocycles. The number of aromatic nitrogens is 2. The molecule has 3 rings (SSSR count). The van der Waals surface area contributed by atoms with E-state index in [4.69, 9.17) is 0 Å². The zero-order chi connectivity index (χ0) is 12.4. The summed E-state index contributed by atoms with van der Waals surface area (Å²) in [5, 5.41) is 10.7. The van der Waals surface area contributed by atoms with Crippen LogP contribution in [0, 0.1) is 5.82 Å². The van der Waals surface area contributed by atoms with Crippen molar-refractivity contribution < 1.29 is 4.39 Å². The fourth-order valence-electron chi connectivity index (χ4n) is 2.52. The lowest BCUT2D eigenvalue weighted by Gasteiger charge is -2.23. The minimum absolute atomic E-state index is 0.187. The average Bonchev–Trinajstić information content (AvgIpc) is 2.87. The third kappa shape index (κ3) is 2.29. The number of aryl methyl sites for hydroxylation is 1. The maximum atomic E-state index is 12.8. The number of hydrogen-bond acceptors (Lipinski definition) is 2. The molecule has 1 unspecified atom stereocenters. The number of nitrogens with zero attached hydrogens (tertiary/aromatic N) is 1. The van der Waals surface area contributed by atoms with Gasteiger partial charge >= 0.3 is 0 Å². The summed E-state index contributed by atoms with van der Waals surface area (Å²) in [5.41, 5.74) is 3.63. The minimum atomic E-state index is -0.187. The van der Waals surface area contributed by atoms with Crippen LogP contribution in [0.5, 0.6) is 0 Å². The van der Waals surface area contributed by atoms with Crippen molar-refractivity contribution in [2.24, 2.45) is 0 Å². The molecule has 1 aromatic heterocycles. The molecule has 94 valence electrons. The predicted molar refractivity (Wildman–Crippen MR) is 67.5 cm³/mol. The van der Waals surface area contributed by atoms with Crippen LogP contribution in [0.25, 0.3) is 0 Å². The van der Waals surface area contributed by atoms with Crippen molar-refractivity contribution in [3.63, 3.8) is 0 Å². The zero-order valence-corrected chi connectivity index (χ0v) is 10.1. The normalized spacial score (nSPS) is 18.6. The number of benzene rings is 1. The Morgan fingerprint density at radius 1 is 1.33 bits per heavy atom. The van der Waals surface area contributed by atoms with Crippen molar-refractivity contribution in [3.05, 3.63) is 53.1 Å². The standard InChI is InChI=1S/C14H16FN3/c15-11-6-4-10(5-7-11)8-16-13-2-1-3-14-12(13)9-17-18-14/h4-7,9,13,16H,1-3,8H2,(H,17,18). The second-order valence-electron chi connectivity index (χ2n) is 4.76. The van der Waals surface area contributed by atoms with E-state index in [-0.39, 0.29) is 5.82 Å². The van der Waals surface area contributed by atoms with E-state index in [1.807, 2.05) is 18.3 Å². The van der Waals surface area contributed by atoms with Crippen molar-refractivity contribution in [2.45, 2.75) is 31.8 Å². The van der Waals surface area contributed by atoms with E-state index in [1.54, 1.807) is 0 Å². The van der Waals surface area contributed by atoms with Gasteiger partial charge in [0.15, 0.2) is 0 Å². The summed E-state index contributed by atoms with van der Waals surface area (Å²) < 4.78 is 12.8. The van der Waals surface area contributed by atoms with Gasteiger partial charge in [-0.15, -0.1) is 0 Å². The first kappa shape index (κ1) is 11.4. The summed E-state index contributed by atoms with van der Waals surface area (Å²) >= 11 is 0. The SMILES string of the molecule is Fc1ccc(CNC2CCCc3[nH]ncc32)cc1. The van der Waals surface area contributed by atoms with Crippen LogP contribution in [0.3, 0.4) is 0 Å². The molecule has 1 aliphatic rings. The highest BCUT2D eigenvalue weighted by atomic mass is 19.1. The molecule has 1 heterocycles. The van der Waals surface area contributed by atoms with Gasteiger partial charge in [0.25, 0.3) is 0 Å². The Morgan fingerprint density at radius 3 is 3.00 bits per heavy atom. The smallest absolute Gasteiger partial charge is 0.123 e. The lowest BCUT2D eigenvalue weighted by atomic mass is 9.93. The van der Waals surface area contributed by atoms with Crippen LogP contribution >= 0.6 is 0 Å². The highest BCUT2D eigenvalue weighted by Gasteiger charge is 2.21. The molecule has 18 heavy (non-hydrogen) atoms. The molecule has 4 heteroatoms. The minimum Gasteiger partial charge on any atom is -0.306 e. The highest BCUT2D eigenvalue weighted by molar-refractivity contribution is 5.24. The van der Waals surface area contributed by atoms with Crippen molar-refractivity contribution in [1.29, 1.82) is 0 Å². The maximum Gasteiger partial charge on any atom is 0.123 e. The van der Waals surface area contributed by atoms with Gasteiger partial charge in [-0.3, -0.25) is 5.10 Å². The first-order chi connectivity index (χ1) is 8.83. The van der Waals surface area contributed by atoms with Gasteiger partial charge in [0.05, 0.1) is 6.20 Å². The molecular formula is C14H16FN3. The van der Waals surface area contributed by atoms with Gasteiger partial charge in [0, 0.05) is 23.8 Å². The van der Waals surface area contributed by atoms with Crippen molar-refractivity contribution >= 4 is 0 Å². The van der Waals surface area contributed by atoms with E-state index >= 15 is 0 Å². The average molecular weight is 245 g/mol. The third-order valence-corrected chi connectivity index (χ3v) is 3.51.